The molecule has 8 heteroatoms. The molecule has 26 heavy (non-hydrogen) atoms. The second kappa shape index (κ2) is 7.27. The van der Waals surface area contributed by atoms with Crippen molar-refractivity contribution in [3.8, 4) is 5.69 Å². The Morgan fingerprint density at radius 3 is 2.65 bits per heavy atom. The van der Waals surface area contributed by atoms with Crippen molar-refractivity contribution in [2.24, 2.45) is 12.8 Å². The van der Waals surface area contributed by atoms with Gasteiger partial charge in [0, 0.05) is 19.0 Å². The Morgan fingerprint density at radius 1 is 1.31 bits per heavy atom. The monoisotopic (exact) mass is 359 g/mol. The van der Waals surface area contributed by atoms with Gasteiger partial charge in [-0.15, -0.1) is 0 Å². The third-order valence-electron chi connectivity index (χ3n) is 4.58. The number of methoxy groups -OCH3 is 1. The van der Waals surface area contributed by atoms with Crippen LogP contribution in [0.1, 0.15) is 16.8 Å². The average molecular weight is 359 g/mol. The van der Waals surface area contributed by atoms with Crippen molar-refractivity contribution in [1.29, 1.82) is 0 Å². The van der Waals surface area contributed by atoms with E-state index >= 15 is 0 Å². The highest BCUT2D eigenvalue weighted by atomic mass is 16.5. The maximum Gasteiger partial charge on any atom is 0.335 e. The minimum absolute atomic E-state index is 0.265. The molecule has 0 saturated heterocycles. The summed E-state index contributed by atoms with van der Waals surface area (Å²) < 4.78 is 12.6. The molecule has 0 spiro atoms. The molecule has 138 valence electrons. The molecule has 8 nitrogen and oxygen atoms in total. The fourth-order valence-electron chi connectivity index (χ4n) is 3.09. The Bertz CT molecular complexity index is 943. The number of nitrogens with zero attached hydrogens (tertiary/aromatic N) is 2. The van der Waals surface area contributed by atoms with Gasteiger partial charge in [-0.05, 0) is 24.1 Å². The van der Waals surface area contributed by atoms with E-state index in [-0.39, 0.29) is 12.2 Å². The number of hydrogen-bond acceptors (Lipinski definition) is 6. The molecule has 0 aliphatic carbocycles. The molecule has 2 heterocycles. The summed E-state index contributed by atoms with van der Waals surface area (Å²) in [6.07, 6.45) is 0.787. The van der Waals surface area contributed by atoms with Crippen LogP contribution in [0.15, 0.2) is 33.9 Å². The summed E-state index contributed by atoms with van der Waals surface area (Å²) in [5, 5.41) is 0. The van der Waals surface area contributed by atoms with Crippen LogP contribution >= 0.6 is 0 Å². The molecule has 2 N–H and O–H groups in total. The van der Waals surface area contributed by atoms with Crippen molar-refractivity contribution < 1.29 is 14.3 Å². The van der Waals surface area contributed by atoms with Crippen LogP contribution in [0.5, 0.6) is 0 Å². The van der Waals surface area contributed by atoms with Gasteiger partial charge in [-0.2, -0.15) is 0 Å². The van der Waals surface area contributed by atoms with Gasteiger partial charge in [0.25, 0.3) is 5.56 Å². The second-order valence-electron chi connectivity index (χ2n) is 6.21. The third-order valence-corrected chi connectivity index (χ3v) is 4.58. The van der Waals surface area contributed by atoms with Crippen LogP contribution in [0.4, 0.5) is 0 Å². The topological polar surface area (TPSA) is 106 Å². The summed E-state index contributed by atoms with van der Waals surface area (Å²) in [4.78, 5) is 36.9. The van der Waals surface area contributed by atoms with E-state index in [1.165, 1.54) is 11.7 Å². The molecule has 1 atom stereocenters. The third kappa shape index (κ3) is 3.21. The molecule has 2 aromatic rings. The van der Waals surface area contributed by atoms with Gasteiger partial charge in [0.15, 0.2) is 0 Å². The highest BCUT2D eigenvalue weighted by Crippen LogP contribution is 2.13. The van der Waals surface area contributed by atoms with E-state index in [1.54, 1.807) is 31.3 Å². The standard InChI is InChI=1S/C18H21N3O5/c1-20-15-10-26-8-7-13(15)16(22)21(18(20)24)12-5-3-11(4-6-12)9-14(19)17(23)25-2/h3-6,14H,7-10,19H2,1-2H3/t14-/m0/s1. The summed E-state index contributed by atoms with van der Waals surface area (Å²) in [5.74, 6) is -0.490. The lowest BCUT2D eigenvalue weighted by molar-refractivity contribution is -0.142. The number of esters is 1. The SMILES string of the molecule is COC(=O)[C@@H](N)Cc1ccc(-n2c(=O)c3c(n(C)c2=O)COCC3)cc1. The number of benzene rings is 1. The number of hydrogen-bond donors (Lipinski definition) is 1. The minimum Gasteiger partial charge on any atom is -0.468 e. The Hall–Kier alpha value is -2.71. The van der Waals surface area contributed by atoms with Crippen LogP contribution in [0.2, 0.25) is 0 Å². The molecule has 1 aliphatic heterocycles. The zero-order valence-corrected chi connectivity index (χ0v) is 14.7. The number of ether oxygens (including phenoxy) is 2. The lowest BCUT2D eigenvalue weighted by Gasteiger charge is -2.20. The normalized spacial score (nSPS) is 14.6. The molecular formula is C18H21N3O5. The maximum atomic E-state index is 12.8. The fourth-order valence-corrected chi connectivity index (χ4v) is 3.09. The van der Waals surface area contributed by atoms with Crippen LogP contribution in [0.25, 0.3) is 5.69 Å². The molecule has 1 aliphatic rings. The predicted molar refractivity (Wildman–Crippen MR) is 94.3 cm³/mol. The van der Waals surface area contributed by atoms with Gasteiger partial charge in [-0.3, -0.25) is 14.2 Å². The van der Waals surface area contributed by atoms with E-state index in [0.717, 1.165) is 10.1 Å². The zero-order valence-electron chi connectivity index (χ0n) is 14.7. The summed E-state index contributed by atoms with van der Waals surface area (Å²) in [6.45, 7) is 0.728. The van der Waals surface area contributed by atoms with Gasteiger partial charge >= 0.3 is 11.7 Å². The number of nitrogens with two attached hydrogens (primary N) is 1. The zero-order chi connectivity index (χ0) is 18.8. The lowest BCUT2D eigenvalue weighted by Crippen LogP contribution is -2.43. The average Bonchev–Trinajstić information content (AvgIpc) is 2.67. The van der Waals surface area contributed by atoms with Gasteiger partial charge in [0.1, 0.15) is 6.04 Å². The van der Waals surface area contributed by atoms with E-state index in [2.05, 4.69) is 4.74 Å². The number of fused-ring (bicyclic) bond motifs is 1. The van der Waals surface area contributed by atoms with Crippen LogP contribution in [0.3, 0.4) is 0 Å². The molecule has 0 amide bonds. The van der Waals surface area contributed by atoms with Gasteiger partial charge < -0.3 is 15.2 Å². The lowest BCUT2D eigenvalue weighted by atomic mass is 10.1. The highest BCUT2D eigenvalue weighted by molar-refractivity contribution is 5.75. The van der Waals surface area contributed by atoms with Crippen molar-refractivity contribution in [2.45, 2.75) is 25.5 Å². The van der Waals surface area contributed by atoms with E-state index in [4.69, 9.17) is 10.5 Å². The van der Waals surface area contributed by atoms with Gasteiger partial charge in [0.2, 0.25) is 0 Å². The first-order chi connectivity index (χ1) is 12.4. The Labute approximate surface area is 149 Å². The van der Waals surface area contributed by atoms with Crippen LogP contribution < -0.4 is 17.0 Å². The molecule has 0 saturated carbocycles. The van der Waals surface area contributed by atoms with Crippen LogP contribution in [-0.4, -0.2) is 34.9 Å². The smallest absolute Gasteiger partial charge is 0.335 e. The molecule has 1 aromatic heterocycles. The highest BCUT2D eigenvalue weighted by Gasteiger charge is 2.21. The molecular weight excluding hydrogens is 338 g/mol. The van der Waals surface area contributed by atoms with E-state index in [1.807, 2.05) is 0 Å². The summed E-state index contributed by atoms with van der Waals surface area (Å²) in [6, 6.07) is 6.08. The number of carbonyl (C=O) groups excluding carboxylic acids is 1. The van der Waals surface area contributed by atoms with Crippen LogP contribution in [0, 0.1) is 0 Å². The molecule has 3 rings (SSSR count). The Morgan fingerprint density at radius 2 is 2.00 bits per heavy atom. The predicted octanol–water partition coefficient (Wildman–Crippen LogP) is -0.348. The molecule has 0 unspecified atom stereocenters. The number of carbonyl (C=O) groups is 1. The molecule has 1 aromatic carbocycles. The van der Waals surface area contributed by atoms with E-state index < -0.39 is 17.7 Å². The quantitative estimate of drug-likeness (QED) is 0.748. The second-order valence-corrected chi connectivity index (χ2v) is 6.21. The minimum atomic E-state index is -0.759. The first kappa shape index (κ1) is 18.1. The Balaban J connectivity index is 1.98. The van der Waals surface area contributed by atoms with E-state index in [9.17, 15) is 14.4 Å². The molecule has 0 bridgehead atoms. The number of aromatic nitrogens is 2. The first-order valence-electron chi connectivity index (χ1n) is 8.28. The van der Waals surface area contributed by atoms with Crippen molar-refractivity contribution in [3.63, 3.8) is 0 Å². The van der Waals surface area contributed by atoms with Crippen molar-refractivity contribution in [2.75, 3.05) is 13.7 Å². The summed E-state index contributed by atoms with van der Waals surface area (Å²) in [5.41, 5.74) is 7.54. The van der Waals surface area contributed by atoms with Gasteiger partial charge in [-0.25, -0.2) is 9.36 Å². The van der Waals surface area contributed by atoms with Crippen molar-refractivity contribution in [1.82, 2.24) is 9.13 Å². The Kier molecular flexibility index (Phi) is 5.06. The van der Waals surface area contributed by atoms with E-state index in [0.29, 0.717) is 36.4 Å². The summed E-state index contributed by atoms with van der Waals surface area (Å²) >= 11 is 0. The fraction of sp³-hybridized carbons (Fsp3) is 0.389. The largest absolute Gasteiger partial charge is 0.468 e. The maximum absolute atomic E-state index is 12.8. The van der Waals surface area contributed by atoms with Crippen molar-refractivity contribution in [3.05, 3.63) is 61.9 Å². The summed E-state index contributed by atoms with van der Waals surface area (Å²) in [7, 11) is 2.92. The first-order valence-corrected chi connectivity index (χ1v) is 8.28. The van der Waals surface area contributed by atoms with Crippen molar-refractivity contribution >= 4 is 5.97 Å². The molecule has 0 radical (unpaired) electrons. The molecule has 0 fully saturated rings. The van der Waals surface area contributed by atoms with Crippen LogP contribution in [-0.2, 0) is 40.8 Å². The number of rotatable bonds is 4. The van der Waals surface area contributed by atoms with Gasteiger partial charge in [0.05, 0.1) is 31.7 Å². The van der Waals surface area contributed by atoms with Gasteiger partial charge in [-0.1, -0.05) is 12.1 Å².